The molecule has 1 aliphatic heterocycles. The van der Waals surface area contributed by atoms with Gasteiger partial charge in [0.2, 0.25) is 5.91 Å². The molecule has 2 aromatic rings. The van der Waals surface area contributed by atoms with Crippen LogP contribution in [0, 0.1) is 13.8 Å². The van der Waals surface area contributed by atoms with Crippen molar-refractivity contribution in [2.24, 2.45) is 0 Å². The van der Waals surface area contributed by atoms with E-state index in [0.717, 1.165) is 31.8 Å². The van der Waals surface area contributed by atoms with E-state index >= 15 is 0 Å². The first-order valence-electron chi connectivity index (χ1n) is 8.20. The monoisotopic (exact) mass is 312 g/mol. The summed E-state index contributed by atoms with van der Waals surface area (Å²) < 4.78 is 1.87. The number of aromatic nitrogens is 2. The lowest BCUT2D eigenvalue weighted by atomic mass is 10.0. The molecule has 1 saturated heterocycles. The second kappa shape index (κ2) is 6.86. The van der Waals surface area contributed by atoms with E-state index in [2.05, 4.69) is 46.4 Å². The molecule has 0 radical (unpaired) electrons. The normalized spacial score (nSPS) is 15.7. The summed E-state index contributed by atoms with van der Waals surface area (Å²) >= 11 is 0. The van der Waals surface area contributed by atoms with Gasteiger partial charge in [-0.3, -0.25) is 4.79 Å². The predicted molar refractivity (Wildman–Crippen MR) is 91.5 cm³/mol. The van der Waals surface area contributed by atoms with Gasteiger partial charge in [0, 0.05) is 37.2 Å². The summed E-state index contributed by atoms with van der Waals surface area (Å²) in [4.78, 5) is 18.7. The fraction of sp³-hybridized carbons (Fsp3) is 0.444. The van der Waals surface area contributed by atoms with Crippen molar-refractivity contribution in [3.05, 3.63) is 48.0 Å². The minimum Gasteiger partial charge on any atom is -0.371 e. The van der Waals surface area contributed by atoms with E-state index in [1.54, 1.807) is 6.20 Å². The summed E-state index contributed by atoms with van der Waals surface area (Å²) in [5, 5.41) is 3.15. The Kier molecular flexibility index (Phi) is 4.65. The summed E-state index contributed by atoms with van der Waals surface area (Å²) in [6.45, 7) is 6.35. The second-order valence-corrected chi connectivity index (χ2v) is 6.27. The minimum absolute atomic E-state index is 0.0695. The Hall–Kier alpha value is -2.30. The van der Waals surface area contributed by atoms with Crippen LogP contribution >= 0.6 is 0 Å². The molecule has 5 heteroatoms. The minimum atomic E-state index is 0.0695. The van der Waals surface area contributed by atoms with E-state index in [-0.39, 0.29) is 11.9 Å². The fourth-order valence-electron chi connectivity index (χ4n) is 3.11. The lowest BCUT2D eigenvalue weighted by molar-refractivity contribution is -0.122. The number of amides is 1. The van der Waals surface area contributed by atoms with Crippen molar-refractivity contribution in [1.29, 1.82) is 0 Å². The molecule has 5 nitrogen and oxygen atoms in total. The predicted octanol–water partition coefficient (Wildman–Crippen LogP) is 2.29. The Labute approximate surface area is 137 Å². The van der Waals surface area contributed by atoms with Gasteiger partial charge in [-0.2, -0.15) is 0 Å². The average Bonchev–Trinajstić information content (AvgIpc) is 2.93. The number of benzene rings is 1. The number of imidazole rings is 1. The first-order valence-corrected chi connectivity index (χ1v) is 8.20. The van der Waals surface area contributed by atoms with E-state index < -0.39 is 0 Å². The van der Waals surface area contributed by atoms with Crippen LogP contribution in [0.1, 0.15) is 24.2 Å². The molecule has 1 aliphatic rings. The highest BCUT2D eigenvalue weighted by atomic mass is 16.2. The molecule has 1 aromatic heterocycles. The van der Waals surface area contributed by atoms with Crippen LogP contribution in [0.2, 0.25) is 0 Å². The summed E-state index contributed by atoms with van der Waals surface area (Å²) in [5.74, 6) is 0.939. The lowest BCUT2D eigenvalue weighted by Gasteiger charge is -2.34. The maximum absolute atomic E-state index is 12.2. The van der Waals surface area contributed by atoms with Crippen LogP contribution in [-0.2, 0) is 11.3 Å². The van der Waals surface area contributed by atoms with Gasteiger partial charge in [0.15, 0.2) is 0 Å². The second-order valence-electron chi connectivity index (χ2n) is 6.27. The molecular formula is C18H24N4O. The van der Waals surface area contributed by atoms with Gasteiger partial charge in [-0.25, -0.2) is 4.98 Å². The van der Waals surface area contributed by atoms with E-state index in [1.807, 2.05) is 17.7 Å². The Balaban J connectivity index is 1.49. The molecule has 0 bridgehead atoms. The molecule has 3 rings (SSSR count). The van der Waals surface area contributed by atoms with Crippen molar-refractivity contribution >= 4 is 11.6 Å². The number of carbonyl (C=O) groups is 1. The van der Waals surface area contributed by atoms with E-state index in [4.69, 9.17) is 0 Å². The molecule has 23 heavy (non-hydrogen) atoms. The zero-order valence-corrected chi connectivity index (χ0v) is 13.8. The number of hydrogen-bond acceptors (Lipinski definition) is 3. The average molecular weight is 312 g/mol. The zero-order valence-electron chi connectivity index (χ0n) is 13.8. The van der Waals surface area contributed by atoms with Crippen LogP contribution in [0.25, 0.3) is 0 Å². The quantitative estimate of drug-likeness (QED) is 0.942. The highest BCUT2D eigenvalue weighted by Crippen LogP contribution is 2.21. The first-order chi connectivity index (χ1) is 11.1. The highest BCUT2D eigenvalue weighted by Gasteiger charge is 2.21. The third kappa shape index (κ3) is 3.92. The van der Waals surface area contributed by atoms with Gasteiger partial charge in [-0.05, 0) is 44.4 Å². The molecule has 0 unspecified atom stereocenters. The van der Waals surface area contributed by atoms with Gasteiger partial charge >= 0.3 is 0 Å². The standard InChI is InChI=1S/C18H24N4O/c1-14-4-3-5-17(12-14)21-9-6-16(7-10-21)20-18(23)13-22-11-8-19-15(22)2/h3-5,8,11-12,16H,6-7,9-10,13H2,1-2H3,(H,20,23). The van der Waals surface area contributed by atoms with Crippen molar-refractivity contribution in [2.45, 2.75) is 39.3 Å². The number of anilines is 1. The summed E-state index contributed by atoms with van der Waals surface area (Å²) in [6, 6.07) is 8.88. The molecule has 1 N–H and O–H groups in total. The molecule has 122 valence electrons. The van der Waals surface area contributed by atoms with Crippen molar-refractivity contribution in [2.75, 3.05) is 18.0 Å². The molecule has 2 heterocycles. The van der Waals surface area contributed by atoms with Crippen molar-refractivity contribution in [1.82, 2.24) is 14.9 Å². The van der Waals surface area contributed by atoms with Crippen molar-refractivity contribution in [3.8, 4) is 0 Å². The Morgan fingerprint density at radius 1 is 1.30 bits per heavy atom. The van der Waals surface area contributed by atoms with Gasteiger partial charge in [0.05, 0.1) is 0 Å². The molecule has 1 amide bonds. The Morgan fingerprint density at radius 2 is 2.09 bits per heavy atom. The zero-order chi connectivity index (χ0) is 16.2. The topological polar surface area (TPSA) is 50.2 Å². The molecule has 1 fully saturated rings. The van der Waals surface area contributed by atoms with Crippen molar-refractivity contribution < 1.29 is 4.79 Å². The van der Waals surface area contributed by atoms with Gasteiger partial charge in [0.25, 0.3) is 0 Å². The van der Waals surface area contributed by atoms with Gasteiger partial charge in [-0.15, -0.1) is 0 Å². The van der Waals surface area contributed by atoms with Crippen LogP contribution in [0.3, 0.4) is 0 Å². The number of nitrogens with zero attached hydrogens (tertiary/aromatic N) is 3. The third-order valence-electron chi connectivity index (χ3n) is 4.46. The van der Waals surface area contributed by atoms with E-state index in [1.165, 1.54) is 11.3 Å². The lowest BCUT2D eigenvalue weighted by Crippen LogP contribution is -2.45. The van der Waals surface area contributed by atoms with Crippen LogP contribution in [-0.4, -0.2) is 34.6 Å². The van der Waals surface area contributed by atoms with Crippen LogP contribution in [0.4, 0.5) is 5.69 Å². The van der Waals surface area contributed by atoms with Crippen LogP contribution in [0.15, 0.2) is 36.7 Å². The van der Waals surface area contributed by atoms with Crippen molar-refractivity contribution in [3.63, 3.8) is 0 Å². The summed E-state index contributed by atoms with van der Waals surface area (Å²) in [7, 11) is 0. The Morgan fingerprint density at radius 3 is 2.74 bits per heavy atom. The van der Waals surface area contributed by atoms with Gasteiger partial charge in [0.1, 0.15) is 12.4 Å². The fourth-order valence-corrected chi connectivity index (χ4v) is 3.11. The highest BCUT2D eigenvalue weighted by molar-refractivity contribution is 5.76. The largest absolute Gasteiger partial charge is 0.371 e. The van der Waals surface area contributed by atoms with Crippen LogP contribution in [0.5, 0.6) is 0 Å². The number of nitrogens with one attached hydrogen (secondary N) is 1. The van der Waals surface area contributed by atoms with Gasteiger partial charge < -0.3 is 14.8 Å². The first kappa shape index (κ1) is 15.6. The number of aryl methyl sites for hydroxylation is 2. The third-order valence-corrected chi connectivity index (χ3v) is 4.46. The smallest absolute Gasteiger partial charge is 0.240 e. The van der Waals surface area contributed by atoms with E-state index in [0.29, 0.717) is 6.54 Å². The van der Waals surface area contributed by atoms with E-state index in [9.17, 15) is 4.79 Å². The number of piperidine rings is 1. The summed E-state index contributed by atoms with van der Waals surface area (Å²) in [5.41, 5.74) is 2.57. The number of hydrogen-bond donors (Lipinski definition) is 1. The van der Waals surface area contributed by atoms with Gasteiger partial charge in [-0.1, -0.05) is 12.1 Å². The Bertz CT molecular complexity index is 671. The SMILES string of the molecule is Cc1cccc(N2CCC(NC(=O)Cn3ccnc3C)CC2)c1. The molecular weight excluding hydrogens is 288 g/mol. The molecule has 0 aliphatic carbocycles. The molecule has 0 saturated carbocycles. The summed E-state index contributed by atoms with van der Waals surface area (Å²) in [6.07, 6.45) is 5.55. The number of rotatable bonds is 4. The molecule has 1 aromatic carbocycles. The molecule has 0 atom stereocenters. The maximum Gasteiger partial charge on any atom is 0.240 e. The maximum atomic E-state index is 12.2. The van der Waals surface area contributed by atoms with Crippen LogP contribution < -0.4 is 10.2 Å². The number of carbonyl (C=O) groups excluding carboxylic acids is 1. The molecule has 0 spiro atoms.